The number of hydrogen-bond donors (Lipinski definition) is 0. The summed E-state index contributed by atoms with van der Waals surface area (Å²) in [5, 5.41) is 8.44. The molecule has 0 amide bonds. The highest BCUT2D eigenvalue weighted by Crippen LogP contribution is 2.09. The molecule has 0 saturated carbocycles. The molecular formula is C24H46N4O2+2. The van der Waals surface area contributed by atoms with Gasteiger partial charge in [-0.1, -0.05) is 10.3 Å². The van der Waals surface area contributed by atoms with Crippen molar-refractivity contribution in [3.63, 3.8) is 0 Å². The number of quaternary nitrogens is 2. The first-order valence-electron chi connectivity index (χ1n) is 12.0. The molecule has 1 aliphatic carbocycles. The molecule has 0 atom stereocenters. The quantitative estimate of drug-likeness (QED) is 0.160. The summed E-state index contributed by atoms with van der Waals surface area (Å²) in [4.78, 5) is 11.0. The molecule has 0 aliphatic heterocycles. The van der Waals surface area contributed by atoms with Gasteiger partial charge in [0.2, 0.25) is 0 Å². The highest BCUT2D eigenvalue weighted by atomic mass is 16.6. The lowest BCUT2D eigenvalue weighted by Gasteiger charge is -2.35. The zero-order valence-corrected chi connectivity index (χ0v) is 20.4. The average Bonchev–Trinajstić information content (AvgIpc) is 2.80. The minimum atomic E-state index is 0.655. The van der Waals surface area contributed by atoms with E-state index in [9.17, 15) is 0 Å². The lowest BCUT2D eigenvalue weighted by Crippen LogP contribution is -2.48. The topological polar surface area (TPSA) is 43.2 Å². The fraction of sp³-hybridized carbons (Fsp3) is 0.750. The van der Waals surface area contributed by atoms with Gasteiger partial charge in [-0.3, -0.25) is 0 Å². The normalized spacial score (nSPS) is 14.2. The van der Waals surface area contributed by atoms with E-state index in [1.54, 1.807) is 0 Å². The van der Waals surface area contributed by atoms with Crippen LogP contribution >= 0.6 is 0 Å². The SMILES string of the molecule is CC[N+](CC)(CC)CCCON=C1C=CC(=NOCCC[N+](CC)(CC)CC)C=C1. The standard InChI is InChI=1S/C24H46N4O2/c1-7-27(8-2,9-3)19-13-21-29-25-23-15-17-24(18-16-23)26-30-22-14-20-28(10-4,11-5)12-6/h15-18H,7-14,19-22H2,1-6H3/q+2. The monoisotopic (exact) mass is 422 g/mol. The maximum atomic E-state index is 5.52. The second-order valence-corrected chi connectivity index (χ2v) is 8.10. The lowest BCUT2D eigenvalue weighted by atomic mass is 10.1. The van der Waals surface area contributed by atoms with Crippen LogP contribution in [-0.4, -0.2) is 86.0 Å². The first-order valence-corrected chi connectivity index (χ1v) is 12.0. The van der Waals surface area contributed by atoms with Gasteiger partial charge >= 0.3 is 0 Å². The van der Waals surface area contributed by atoms with Crippen molar-refractivity contribution in [3.05, 3.63) is 24.3 Å². The van der Waals surface area contributed by atoms with Gasteiger partial charge in [-0.05, 0) is 65.8 Å². The van der Waals surface area contributed by atoms with Gasteiger partial charge < -0.3 is 18.6 Å². The Bertz CT molecular complexity index is 503. The predicted octanol–water partition coefficient (Wildman–Crippen LogP) is 4.39. The zero-order chi connectivity index (χ0) is 22.3. The van der Waals surface area contributed by atoms with Gasteiger partial charge in [0.1, 0.15) is 24.6 Å². The van der Waals surface area contributed by atoms with Crippen molar-refractivity contribution in [2.75, 3.05) is 65.6 Å². The van der Waals surface area contributed by atoms with E-state index in [0.29, 0.717) is 13.2 Å². The van der Waals surface area contributed by atoms with Gasteiger partial charge in [0.15, 0.2) is 0 Å². The van der Waals surface area contributed by atoms with Crippen LogP contribution in [0.1, 0.15) is 54.4 Å². The molecule has 1 aliphatic rings. The molecule has 1 rings (SSSR count). The van der Waals surface area contributed by atoms with Gasteiger partial charge in [0.25, 0.3) is 0 Å². The molecule has 6 heteroatoms. The number of nitrogens with zero attached hydrogens (tertiary/aromatic N) is 4. The van der Waals surface area contributed by atoms with E-state index < -0.39 is 0 Å². The van der Waals surface area contributed by atoms with Gasteiger partial charge in [0.05, 0.1) is 52.4 Å². The maximum absolute atomic E-state index is 5.52. The summed E-state index contributed by atoms with van der Waals surface area (Å²) >= 11 is 0. The number of rotatable bonds is 16. The molecule has 0 fully saturated rings. The minimum Gasteiger partial charge on any atom is -0.395 e. The van der Waals surface area contributed by atoms with Crippen LogP contribution < -0.4 is 0 Å². The Morgan fingerprint density at radius 1 is 0.567 bits per heavy atom. The van der Waals surface area contributed by atoms with E-state index in [2.05, 4.69) is 51.9 Å². The Morgan fingerprint density at radius 2 is 0.867 bits per heavy atom. The van der Waals surface area contributed by atoms with Crippen molar-refractivity contribution in [2.24, 2.45) is 10.3 Å². The zero-order valence-electron chi connectivity index (χ0n) is 20.4. The molecule has 0 radical (unpaired) electrons. The highest BCUT2D eigenvalue weighted by molar-refractivity contribution is 6.18. The third-order valence-electron chi connectivity index (χ3n) is 6.95. The maximum Gasteiger partial charge on any atom is 0.122 e. The second kappa shape index (κ2) is 14.4. The van der Waals surface area contributed by atoms with Crippen LogP contribution in [0.25, 0.3) is 0 Å². The fourth-order valence-corrected chi connectivity index (χ4v) is 4.03. The van der Waals surface area contributed by atoms with Crippen LogP contribution in [0.4, 0.5) is 0 Å². The van der Waals surface area contributed by atoms with Crippen LogP contribution in [-0.2, 0) is 9.68 Å². The van der Waals surface area contributed by atoms with Crippen LogP contribution in [0.2, 0.25) is 0 Å². The molecule has 0 aromatic carbocycles. The Morgan fingerprint density at radius 3 is 1.13 bits per heavy atom. The van der Waals surface area contributed by atoms with E-state index in [-0.39, 0.29) is 0 Å². The first-order chi connectivity index (χ1) is 14.5. The molecule has 0 spiro atoms. The van der Waals surface area contributed by atoms with Crippen molar-refractivity contribution in [1.82, 2.24) is 0 Å². The molecule has 0 heterocycles. The van der Waals surface area contributed by atoms with Crippen molar-refractivity contribution in [2.45, 2.75) is 54.4 Å². The molecule has 6 nitrogen and oxygen atoms in total. The molecular weight excluding hydrogens is 376 g/mol. The van der Waals surface area contributed by atoms with Gasteiger partial charge in [-0.15, -0.1) is 0 Å². The molecule has 0 bridgehead atoms. The summed E-state index contributed by atoms with van der Waals surface area (Å²) in [6, 6.07) is 0. The second-order valence-electron chi connectivity index (χ2n) is 8.10. The van der Waals surface area contributed by atoms with Gasteiger partial charge in [-0.25, -0.2) is 0 Å². The predicted molar refractivity (Wildman–Crippen MR) is 128 cm³/mol. The molecule has 0 saturated heterocycles. The summed E-state index contributed by atoms with van der Waals surface area (Å²) in [6.45, 7) is 24.2. The summed E-state index contributed by atoms with van der Waals surface area (Å²) in [6.07, 6.45) is 9.71. The Hall–Kier alpha value is -1.66. The molecule has 172 valence electrons. The third-order valence-corrected chi connectivity index (χ3v) is 6.95. The third kappa shape index (κ3) is 8.60. The Kier molecular flexibility index (Phi) is 12.6. The summed E-state index contributed by atoms with van der Waals surface area (Å²) in [7, 11) is 0. The largest absolute Gasteiger partial charge is 0.395 e. The summed E-state index contributed by atoms with van der Waals surface area (Å²) < 4.78 is 2.30. The smallest absolute Gasteiger partial charge is 0.122 e. The number of oxime groups is 2. The van der Waals surface area contributed by atoms with Crippen LogP contribution in [0, 0.1) is 0 Å². The van der Waals surface area contributed by atoms with Gasteiger partial charge in [-0.2, -0.15) is 0 Å². The van der Waals surface area contributed by atoms with Crippen LogP contribution in [0.15, 0.2) is 34.6 Å². The van der Waals surface area contributed by atoms with Crippen molar-refractivity contribution >= 4 is 11.4 Å². The number of allylic oxidation sites excluding steroid dienone is 4. The fourth-order valence-electron chi connectivity index (χ4n) is 4.03. The number of hydrogen-bond acceptors (Lipinski definition) is 4. The van der Waals surface area contributed by atoms with E-state index in [4.69, 9.17) is 9.68 Å². The van der Waals surface area contributed by atoms with Crippen LogP contribution in [0.5, 0.6) is 0 Å². The Balaban J connectivity index is 2.30. The van der Waals surface area contributed by atoms with Crippen molar-refractivity contribution < 1.29 is 18.6 Å². The van der Waals surface area contributed by atoms with Crippen molar-refractivity contribution in [1.29, 1.82) is 0 Å². The van der Waals surface area contributed by atoms with E-state index in [1.807, 2.05) is 24.3 Å². The minimum absolute atomic E-state index is 0.655. The van der Waals surface area contributed by atoms with E-state index in [1.165, 1.54) is 39.3 Å². The summed E-state index contributed by atoms with van der Waals surface area (Å²) in [5.74, 6) is 0. The molecule has 30 heavy (non-hydrogen) atoms. The van der Waals surface area contributed by atoms with E-state index >= 15 is 0 Å². The molecule has 0 N–H and O–H groups in total. The van der Waals surface area contributed by atoms with Crippen LogP contribution in [0.3, 0.4) is 0 Å². The lowest BCUT2D eigenvalue weighted by molar-refractivity contribution is -0.923. The van der Waals surface area contributed by atoms with Gasteiger partial charge in [0, 0.05) is 12.8 Å². The summed E-state index contributed by atoms with van der Waals surface area (Å²) in [5.41, 5.74) is 1.62. The van der Waals surface area contributed by atoms with E-state index in [0.717, 1.165) is 46.3 Å². The molecule has 0 unspecified atom stereocenters. The Labute approximate surface area is 185 Å². The highest BCUT2D eigenvalue weighted by Gasteiger charge is 2.20. The van der Waals surface area contributed by atoms with Crippen molar-refractivity contribution in [3.8, 4) is 0 Å². The molecule has 0 aromatic rings. The molecule has 0 aromatic heterocycles. The average molecular weight is 423 g/mol. The first kappa shape index (κ1) is 26.4.